The minimum atomic E-state index is -3.65. The van der Waals surface area contributed by atoms with Crippen LogP contribution in [0, 0.1) is 13.8 Å². The van der Waals surface area contributed by atoms with Crippen LogP contribution in [0.4, 0.5) is 0 Å². The van der Waals surface area contributed by atoms with Crippen molar-refractivity contribution in [2.24, 2.45) is 0 Å². The second-order valence-electron chi connectivity index (χ2n) is 7.11. The third-order valence-electron chi connectivity index (χ3n) is 5.11. The molecule has 0 unspecified atom stereocenters. The highest BCUT2D eigenvalue weighted by atomic mass is 35.5. The van der Waals surface area contributed by atoms with E-state index >= 15 is 0 Å². The molecule has 0 atom stereocenters. The summed E-state index contributed by atoms with van der Waals surface area (Å²) in [5, 5.41) is 0.458. The molecule has 2 aromatic rings. The molecule has 3 rings (SSSR count). The topological polar surface area (TPSA) is 84.0 Å². The first kappa shape index (κ1) is 22.3. The zero-order chi connectivity index (χ0) is 21.9. The van der Waals surface area contributed by atoms with Crippen molar-refractivity contribution in [1.29, 1.82) is 0 Å². The van der Waals surface area contributed by atoms with E-state index in [0.717, 1.165) is 11.1 Å². The average Bonchev–Trinajstić information content (AvgIpc) is 2.74. The number of hydrogen-bond donors (Lipinski definition) is 0. The summed E-state index contributed by atoms with van der Waals surface area (Å²) in [6.07, 6.45) is 0. The molecule has 0 aliphatic carbocycles. The van der Waals surface area contributed by atoms with E-state index in [9.17, 15) is 18.0 Å². The van der Waals surface area contributed by atoms with E-state index in [1.54, 1.807) is 12.1 Å². The molecule has 9 heteroatoms. The van der Waals surface area contributed by atoms with Crippen molar-refractivity contribution in [2.45, 2.75) is 18.7 Å². The minimum Gasteiger partial charge on any atom is -0.452 e. The number of rotatable bonds is 5. The maximum Gasteiger partial charge on any atom is 0.338 e. The largest absolute Gasteiger partial charge is 0.452 e. The summed E-state index contributed by atoms with van der Waals surface area (Å²) >= 11 is 5.82. The van der Waals surface area contributed by atoms with Gasteiger partial charge in [-0.25, -0.2) is 13.2 Å². The van der Waals surface area contributed by atoms with Gasteiger partial charge in [-0.2, -0.15) is 4.31 Å². The maximum absolute atomic E-state index is 12.7. The van der Waals surface area contributed by atoms with Crippen LogP contribution in [0.15, 0.2) is 47.4 Å². The number of halogens is 1. The predicted octanol–water partition coefficient (Wildman–Crippen LogP) is 2.65. The van der Waals surface area contributed by atoms with Crippen molar-refractivity contribution in [1.82, 2.24) is 9.21 Å². The number of nitrogens with zero attached hydrogens (tertiary/aromatic N) is 2. The van der Waals surface area contributed by atoms with Crippen molar-refractivity contribution in [3.8, 4) is 0 Å². The van der Waals surface area contributed by atoms with Gasteiger partial charge in [0.1, 0.15) is 0 Å². The lowest BCUT2D eigenvalue weighted by atomic mass is 10.1. The molecule has 0 aromatic heterocycles. The number of carbonyl (C=O) groups excluding carboxylic acids is 2. The van der Waals surface area contributed by atoms with Crippen LogP contribution in [-0.4, -0.2) is 62.3 Å². The molecular formula is C21H23ClN2O5S. The van der Waals surface area contributed by atoms with E-state index in [0.29, 0.717) is 10.6 Å². The first-order chi connectivity index (χ1) is 14.2. The van der Waals surface area contributed by atoms with Crippen LogP contribution in [-0.2, 0) is 19.6 Å². The third kappa shape index (κ3) is 5.00. The minimum absolute atomic E-state index is 0.161. The Morgan fingerprint density at radius 1 is 0.967 bits per heavy atom. The Morgan fingerprint density at radius 2 is 1.60 bits per heavy atom. The molecule has 30 heavy (non-hydrogen) atoms. The Hall–Kier alpha value is -2.42. The summed E-state index contributed by atoms with van der Waals surface area (Å²) < 4.78 is 31.9. The Labute approximate surface area is 181 Å². The van der Waals surface area contributed by atoms with E-state index in [4.69, 9.17) is 16.3 Å². The molecule has 2 aromatic carbocycles. The molecule has 1 aliphatic heterocycles. The second kappa shape index (κ2) is 9.16. The van der Waals surface area contributed by atoms with Crippen LogP contribution in [0.2, 0.25) is 5.02 Å². The maximum atomic E-state index is 12.7. The van der Waals surface area contributed by atoms with Crippen LogP contribution in [0.1, 0.15) is 21.5 Å². The van der Waals surface area contributed by atoms with Crippen molar-refractivity contribution >= 4 is 33.5 Å². The lowest BCUT2D eigenvalue weighted by molar-refractivity contribution is -0.135. The molecule has 0 radical (unpaired) electrons. The molecule has 0 saturated carbocycles. The van der Waals surface area contributed by atoms with Crippen molar-refractivity contribution in [3.63, 3.8) is 0 Å². The molecule has 0 spiro atoms. The fourth-order valence-corrected chi connectivity index (χ4v) is 4.65. The lowest BCUT2D eigenvalue weighted by Crippen LogP contribution is -2.51. The van der Waals surface area contributed by atoms with Gasteiger partial charge in [-0.1, -0.05) is 17.7 Å². The first-order valence-corrected chi connectivity index (χ1v) is 11.3. The monoisotopic (exact) mass is 450 g/mol. The second-order valence-corrected chi connectivity index (χ2v) is 9.49. The molecule has 7 nitrogen and oxygen atoms in total. The van der Waals surface area contributed by atoms with Crippen LogP contribution >= 0.6 is 11.6 Å². The molecule has 0 bridgehead atoms. The van der Waals surface area contributed by atoms with Gasteiger partial charge in [0, 0.05) is 31.2 Å². The van der Waals surface area contributed by atoms with Crippen LogP contribution in [0.3, 0.4) is 0 Å². The normalized spacial score (nSPS) is 15.1. The summed E-state index contributed by atoms with van der Waals surface area (Å²) in [5.41, 5.74) is 2.42. The molecule has 1 amide bonds. The summed E-state index contributed by atoms with van der Waals surface area (Å²) in [6, 6.07) is 11.2. The number of aryl methyl sites for hydroxylation is 2. The summed E-state index contributed by atoms with van der Waals surface area (Å²) in [7, 11) is -3.65. The summed E-state index contributed by atoms with van der Waals surface area (Å²) in [6.45, 7) is 4.26. The first-order valence-electron chi connectivity index (χ1n) is 9.46. The van der Waals surface area contributed by atoms with Gasteiger partial charge in [-0.05, 0) is 61.4 Å². The highest BCUT2D eigenvalue weighted by Gasteiger charge is 2.30. The molecule has 0 N–H and O–H groups in total. The number of hydrogen-bond acceptors (Lipinski definition) is 5. The smallest absolute Gasteiger partial charge is 0.338 e. The van der Waals surface area contributed by atoms with Crippen LogP contribution in [0.5, 0.6) is 0 Å². The average molecular weight is 451 g/mol. The van der Waals surface area contributed by atoms with Crippen molar-refractivity contribution in [3.05, 3.63) is 64.2 Å². The molecule has 1 aliphatic rings. The molecule has 1 heterocycles. The van der Waals surface area contributed by atoms with Crippen molar-refractivity contribution < 1.29 is 22.7 Å². The number of ether oxygens (including phenoxy) is 1. The summed E-state index contributed by atoms with van der Waals surface area (Å²) in [4.78, 5) is 26.2. The van der Waals surface area contributed by atoms with E-state index < -0.39 is 16.0 Å². The van der Waals surface area contributed by atoms with Gasteiger partial charge in [0.05, 0.1) is 10.5 Å². The Kier molecular flexibility index (Phi) is 6.80. The number of esters is 1. The Bertz CT molecular complexity index is 1050. The fraction of sp³-hybridized carbons (Fsp3) is 0.333. The standard InChI is InChI=1S/C21H23ClN2O5S/c1-15-3-4-17(13-16(15)2)21(26)29-14-20(25)23-9-11-24(12-10-23)30(27,28)19-7-5-18(22)6-8-19/h3-8,13H,9-12,14H2,1-2H3. The zero-order valence-electron chi connectivity index (χ0n) is 16.8. The van der Waals surface area contributed by atoms with Gasteiger partial charge >= 0.3 is 5.97 Å². The molecule has 1 saturated heterocycles. The van der Waals surface area contributed by atoms with Crippen LogP contribution < -0.4 is 0 Å². The molecule has 1 fully saturated rings. The zero-order valence-corrected chi connectivity index (χ0v) is 18.4. The van der Waals surface area contributed by atoms with E-state index in [1.165, 1.54) is 33.5 Å². The van der Waals surface area contributed by atoms with Gasteiger partial charge in [-0.15, -0.1) is 0 Å². The lowest BCUT2D eigenvalue weighted by Gasteiger charge is -2.33. The third-order valence-corrected chi connectivity index (χ3v) is 7.28. The fourth-order valence-electron chi connectivity index (χ4n) is 3.10. The van der Waals surface area contributed by atoms with E-state index in [1.807, 2.05) is 19.9 Å². The van der Waals surface area contributed by atoms with Gasteiger partial charge < -0.3 is 9.64 Å². The van der Waals surface area contributed by atoms with Crippen LogP contribution in [0.25, 0.3) is 0 Å². The summed E-state index contributed by atoms with van der Waals surface area (Å²) in [5.74, 6) is -0.911. The Morgan fingerprint density at radius 3 is 2.20 bits per heavy atom. The number of amides is 1. The predicted molar refractivity (Wildman–Crippen MR) is 113 cm³/mol. The number of benzene rings is 2. The molecular weight excluding hydrogens is 428 g/mol. The van der Waals surface area contributed by atoms with E-state index in [-0.39, 0.29) is 43.6 Å². The van der Waals surface area contributed by atoms with Gasteiger partial charge in [0.15, 0.2) is 6.61 Å². The van der Waals surface area contributed by atoms with Gasteiger partial charge in [0.2, 0.25) is 10.0 Å². The highest BCUT2D eigenvalue weighted by molar-refractivity contribution is 7.89. The number of carbonyl (C=O) groups is 2. The van der Waals surface area contributed by atoms with Gasteiger partial charge in [-0.3, -0.25) is 4.79 Å². The Balaban J connectivity index is 1.53. The highest BCUT2D eigenvalue weighted by Crippen LogP contribution is 2.20. The molecule has 160 valence electrons. The quantitative estimate of drug-likeness (QED) is 0.654. The SMILES string of the molecule is Cc1ccc(C(=O)OCC(=O)N2CCN(S(=O)(=O)c3ccc(Cl)cc3)CC2)cc1C. The van der Waals surface area contributed by atoms with Crippen molar-refractivity contribution in [2.75, 3.05) is 32.8 Å². The number of piperazine rings is 1. The van der Waals surface area contributed by atoms with E-state index in [2.05, 4.69) is 0 Å². The number of sulfonamides is 1. The van der Waals surface area contributed by atoms with Gasteiger partial charge in [0.25, 0.3) is 5.91 Å².